The number of carbonyl (C=O) groups is 1. The van der Waals surface area contributed by atoms with Gasteiger partial charge in [-0.15, -0.1) is 0 Å². The Morgan fingerprint density at radius 2 is 1.88 bits per heavy atom. The van der Waals surface area contributed by atoms with Crippen LogP contribution in [-0.2, 0) is 0 Å². The Labute approximate surface area is 151 Å². The van der Waals surface area contributed by atoms with Crippen LogP contribution in [0.5, 0.6) is 0 Å². The Kier molecular flexibility index (Phi) is 4.10. The number of halogens is 1. The third-order valence-electron chi connectivity index (χ3n) is 4.82. The van der Waals surface area contributed by atoms with Crippen LogP contribution in [0, 0.1) is 6.92 Å². The molecule has 1 N–H and O–H groups in total. The van der Waals surface area contributed by atoms with E-state index in [0.717, 1.165) is 11.9 Å². The molecule has 0 unspecified atom stereocenters. The predicted molar refractivity (Wildman–Crippen MR) is 103 cm³/mol. The number of amides is 1. The zero-order valence-corrected chi connectivity index (χ0v) is 14.8. The number of aryl methyl sites for hydroxylation is 1. The van der Waals surface area contributed by atoms with Gasteiger partial charge in [0.2, 0.25) is 0 Å². The lowest BCUT2D eigenvalue weighted by atomic mass is 9.96. The van der Waals surface area contributed by atoms with E-state index in [2.05, 4.69) is 36.2 Å². The van der Waals surface area contributed by atoms with Gasteiger partial charge in [-0.3, -0.25) is 4.79 Å². The third-order valence-corrected chi connectivity index (χ3v) is 5.14. The Morgan fingerprint density at radius 1 is 1.12 bits per heavy atom. The summed E-state index contributed by atoms with van der Waals surface area (Å²) in [7, 11) is 0. The Bertz CT molecular complexity index is 986. The topological polar surface area (TPSA) is 36.1 Å². The van der Waals surface area contributed by atoms with Crippen molar-refractivity contribution in [2.24, 2.45) is 0 Å². The molecule has 0 atom stereocenters. The Hall–Kier alpha value is -2.52. The van der Waals surface area contributed by atoms with Gasteiger partial charge in [0.05, 0.1) is 10.6 Å². The molecular formula is C21H19ClN2O. The first-order valence-electron chi connectivity index (χ1n) is 8.45. The van der Waals surface area contributed by atoms with Crippen LogP contribution in [-0.4, -0.2) is 28.9 Å². The average molecular weight is 351 g/mol. The van der Waals surface area contributed by atoms with Crippen molar-refractivity contribution in [1.29, 1.82) is 0 Å². The van der Waals surface area contributed by atoms with E-state index in [-0.39, 0.29) is 5.91 Å². The lowest BCUT2D eigenvalue weighted by molar-refractivity contribution is 0.0773. The molecule has 0 saturated heterocycles. The van der Waals surface area contributed by atoms with Crippen molar-refractivity contribution in [3.63, 3.8) is 0 Å². The predicted octanol–water partition coefficient (Wildman–Crippen LogP) is 5.06. The molecule has 1 aliphatic rings. The van der Waals surface area contributed by atoms with E-state index in [9.17, 15) is 4.79 Å². The van der Waals surface area contributed by atoms with Crippen molar-refractivity contribution in [2.75, 3.05) is 13.1 Å². The molecule has 3 nitrogen and oxygen atoms in total. The summed E-state index contributed by atoms with van der Waals surface area (Å²) in [6.07, 6.45) is 3.01. The number of aromatic amines is 1. The van der Waals surface area contributed by atoms with E-state index in [1.165, 1.54) is 22.2 Å². The van der Waals surface area contributed by atoms with Gasteiger partial charge >= 0.3 is 0 Å². The summed E-state index contributed by atoms with van der Waals surface area (Å²) in [4.78, 5) is 18.0. The van der Waals surface area contributed by atoms with Crippen molar-refractivity contribution >= 4 is 34.0 Å². The van der Waals surface area contributed by atoms with Gasteiger partial charge in [0.25, 0.3) is 5.91 Å². The number of hydrogen-bond acceptors (Lipinski definition) is 1. The number of H-pyrrole nitrogens is 1. The maximum Gasteiger partial charge on any atom is 0.255 e. The van der Waals surface area contributed by atoms with Crippen molar-refractivity contribution in [2.45, 2.75) is 13.3 Å². The van der Waals surface area contributed by atoms with Crippen molar-refractivity contribution < 1.29 is 4.79 Å². The van der Waals surface area contributed by atoms with Crippen molar-refractivity contribution in [3.05, 3.63) is 76.5 Å². The van der Waals surface area contributed by atoms with E-state index < -0.39 is 0 Å². The smallest absolute Gasteiger partial charge is 0.255 e. The van der Waals surface area contributed by atoms with Crippen LogP contribution in [0.25, 0.3) is 16.5 Å². The second-order valence-electron chi connectivity index (χ2n) is 6.38. The summed E-state index contributed by atoms with van der Waals surface area (Å²) in [5.41, 5.74) is 5.49. The number of carbonyl (C=O) groups excluding carboxylic acids is 1. The van der Waals surface area contributed by atoms with E-state index in [1.54, 1.807) is 12.1 Å². The Morgan fingerprint density at radius 3 is 2.64 bits per heavy atom. The molecular weight excluding hydrogens is 332 g/mol. The fraction of sp³-hybridized carbons (Fsp3) is 0.190. The molecule has 0 spiro atoms. The van der Waals surface area contributed by atoms with Gasteiger partial charge in [-0.1, -0.05) is 48.0 Å². The first-order valence-corrected chi connectivity index (χ1v) is 8.83. The molecule has 2 aromatic carbocycles. The Balaban J connectivity index is 1.61. The molecule has 0 fully saturated rings. The normalized spacial score (nSPS) is 14.6. The van der Waals surface area contributed by atoms with E-state index in [4.69, 9.17) is 11.6 Å². The van der Waals surface area contributed by atoms with Crippen LogP contribution >= 0.6 is 11.6 Å². The minimum atomic E-state index is -0.00320. The van der Waals surface area contributed by atoms with Crippen LogP contribution < -0.4 is 0 Å². The summed E-state index contributed by atoms with van der Waals surface area (Å²) >= 11 is 6.17. The zero-order valence-electron chi connectivity index (χ0n) is 14.1. The summed E-state index contributed by atoms with van der Waals surface area (Å²) in [6.45, 7) is 3.42. The SMILES string of the molecule is Cc1[nH]c2ccccc2c1C1=CCN(C(=O)c2ccccc2Cl)CC1. The van der Waals surface area contributed by atoms with Gasteiger partial charge in [0.15, 0.2) is 0 Å². The highest BCUT2D eigenvalue weighted by Gasteiger charge is 2.22. The molecule has 126 valence electrons. The number of aromatic nitrogens is 1. The molecule has 1 aliphatic heterocycles. The fourth-order valence-corrected chi connectivity index (χ4v) is 3.79. The van der Waals surface area contributed by atoms with Gasteiger partial charge < -0.3 is 9.88 Å². The largest absolute Gasteiger partial charge is 0.358 e. The third kappa shape index (κ3) is 2.85. The van der Waals surface area contributed by atoms with E-state index in [1.807, 2.05) is 23.1 Å². The molecule has 0 saturated carbocycles. The van der Waals surface area contributed by atoms with Gasteiger partial charge in [0.1, 0.15) is 0 Å². The molecule has 4 rings (SSSR count). The van der Waals surface area contributed by atoms with Crippen LogP contribution in [0.4, 0.5) is 0 Å². The lowest BCUT2D eigenvalue weighted by Gasteiger charge is -2.27. The maximum atomic E-state index is 12.7. The summed E-state index contributed by atoms with van der Waals surface area (Å²) in [5.74, 6) is -0.00320. The molecule has 4 heteroatoms. The first kappa shape index (κ1) is 16.0. The van der Waals surface area contributed by atoms with E-state index in [0.29, 0.717) is 23.7 Å². The number of hydrogen-bond donors (Lipinski definition) is 1. The number of nitrogens with zero attached hydrogens (tertiary/aromatic N) is 1. The van der Waals surface area contributed by atoms with E-state index >= 15 is 0 Å². The maximum absolute atomic E-state index is 12.7. The summed E-state index contributed by atoms with van der Waals surface area (Å²) < 4.78 is 0. The van der Waals surface area contributed by atoms with Crippen LogP contribution in [0.3, 0.4) is 0 Å². The van der Waals surface area contributed by atoms with Gasteiger partial charge in [-0.2, -0.15) is 0 Å². The van der Waals surface area contributed by atoms with Crippen molar-refractivity contribution in [3.8, 4) is 0 Å². The molecule has 1 aromatic heterocycles. The van der Waals surface area contributed by atoms with Crippen LogP contribution in [0.2, 0.25) is 5.02 Å². The minimum absolute atomic E-state index is 0.00320. The molecule has 1 amide bonds. The summed E-state index contributed by atoms with van der Waals surface area (Å²) in [5, 5.41) is 1.76. The molecule has 0 radical (unpaired) electrons. The van der Waals surface area contributed by atoms with Gasteiger partial charge in [-0.05, 0) is 37.1 Å². The molecule has 3 aromatic rings. The highest BCUT2D eigenvalue weighted by atomic mass is 35.5. The number of fused-ring (bicyclic) bond motifs is 1. The second-order valence-corrected chi connectivity index (χ2v) is 6.79. The minimum Gasteiger partial charge on any atom is -0.358 e. The second kappa shape index (κ2) is 6.41. The molecule has 0 aliphatic carbocycles. The number of rotatable bonds is 2. The zero-order chi connectivity index (χ0) is 17.4. The first-order chi connectivity index (χ1) is 12.1. The average Bonchev–Trinajstić information content (AvgIpc) is 2.97. The van der Waals surface area contributed by atoms with Crippen molar-refractivity contribution in [1.82, 2.24) is 9.88 Å². The number of nitrogens with one attached hydrogen (secondary N) is 1. The standard InChI is InChI=1S/C21H19ClN2O/c1-14-20(17-7-3-5-9-19(17)23-14)15-10-12-24(13-11-15)21(25)16-6-2-4-8-18(16)22/h2-10,23H,11-13H2,1H3. The lowest BCUT2D eigenvalue weighted by Crippen LogP contribution is -2.34. The molecule has 0 bridgehead atoms. The molecule has 25 heavy (non-hydrogen) atoms. The quantitative estimate of drug-likeness (QED) is 0.689. The highest BCUT2D eigenvalue weighted by molar-refractivity contribution is 6.33. The number of benzene rings is 2. The molecule has 2 heterocycles. The fourth-order valence-electron chi connectivity index (χ4n) is 3.58. The van der Waals surface area contributed by atoms with Gasteiger partial charge in [0, 0.05) is 35.2 Å². The highest BCUT2D eigenvalue weighted by Crippen LogP contribution is 2.32. The van der Waals surface area contributed by atoms with Crippen LogP contribution in [0.15, 0.2) is 54.6 Å². The monoisotopic (exact) mass is 350 g/mol. The number of para-hydroxylation sites is 1. The van der Waals surface area contributed by atoms with Crippen LogP contribution in [0.1, 0.15) is 28.0 Å². The summed E-state index contributed by atoms with van der Waals surface area (Å²) in [6, 6.07) is 15.6. The van der Waals surface area contributed by atoms with Gasteiger partial charge in [-0.25, -0.2) is 0 Å².